The molecule has 24 heavy (non-hydrogen) atoms. The molecule has 3 rings (SSSR count). The van der Waals surface area contributed by atoms with E-state index >= 15 is 0 Å². The number of benzene rings is 2. The van der Waals surface area contributed by atoms with Gasteiger partial charge < -0.3 is 14.6 Å². The summed E-state index contributed by atoms with van der Waals surface area (Å²) in [5.74, 6) is 0.721. The van der Waals surface area contributed by atoms with E-state index in [2.05, 4.69) is 36.1 Å². The number of aliphatic hydroxyl groups is 1. The average molecular weight is 327 g/mol. The third-order valence-electron chi connectivity index (χ3n) is 4.77. The van der Waals surface area contributed by atoms with Crippen molar-refractivity contribution in [1.29, 1.82) is 0 Å². The fourth-order valence-corrected chi connectivity index (χ4v) is 3.21. The van der Waals surface area contributed by atoms with Crippen molar-refractivity contribution < 1.29 is 14.6 Å². The van der Waals surface area contributed by atoms with Crippen molar-refractivity contribution in [2.45, 2.75) is 19.6 Å². The Kier molecular flexibility index (Phi) is 5.51. The summed E-state index contributed by atoms with van der Waals surface area (Å²) in [6.45, 7) is 5.83. The molecule has 1 saturated heterocycles. The smallest absolute Gasteiger partial charge is 0.124 e. The van der Waals surface area contributed by atoms with Crippen molar-refractivity contribution in [3.05, 3.63) is 53.6 Å². The molecule has 128 valence electrons. The van der Waals surface area contributed by atoms with Gasteiger partial charge in [0, 0.05) is 24.7 Å². The summed E-state index contributed by atoms with van der Waals surface area (Å²) in [6, 6.07) is 15.0. The summed E-state index contributed by atoms with van der Waals surface area (Å²) in [5, 5.41) is 9.49. The van der Waals surface area contributed by atoms with Gasteiger partial charge in [-0.3, -0.25) is 4.90 Å². The van der Waals surface area contributed by atoms with Crippen molar-refractivity contribution >= 4 is 0 Å². The highest BCUT2D eigenvalue weighted by atomic mass is 16.5. The van der Waals surface area contributed by atoms with Crippen LogP contribution in [0.2, 0.25) is 0 Å². The number of rotatable bonds is 5. The minimum atomic E-state index is -0.0246. The number of ether oxygens (including phenoxy) is 2. The summed E-state index contributed by atoms with van der Waals surface area (Å²) in [7, 11) is 1.62. The van der Waals surface area contributed by atoms with Crippen LogP contribution in [-0.4, -0.2) is 43.4 Å². The van der Waals surface area contributed by atoms with Crippen molar-refractivity contribution in [2.75, 3.05) is 33.4 Å². The topological polar surface area (TPSA) is 41.9 Å². The van der Waals surface area contributed by atoms with Gasteiger partial charge in [0.2, 0.25) is 0 Å². The van der Waals surface area contributed by atoms with Crippen molar-refractivity contribution in [2.24, 2.45) is 0 Å². The van der Waals surface area contributed by atoms with E-state index in [1.165, 1.54) is 5.56 Å². The SMILES string of the molecule is COc1ccc(-c2ccc([C@@H](C)N3CCOCC3)cc2)cc1CO. The van der Waals surface area contributed by atoms with Crippen LogP contribution in [0.25, 0.3) is 11.1 Å². The molecule has 4 heteroatoms. The van der Waals surface area contributed by atoms with Crippen LogP contribution in [0.4, 0.5) is 0 Å². The number of hydrogen-bond donors (Lipinski definition) is 1. The third kappa shape index (κ3) is 3.61. The third-order valence-corrected chi connectivity index (χ3v) is 4.77. The number of morpholine rings is 1. The standard InChI is InChI=1S/C20H25NO3/c1-15(21-9-11-24-12-10-21)16-3-5-17(6-4-16)18-7-8-20(23-2)19(13-18)14-22/h3-8,13,15,22H,9-12,14H2,1-2H3/t15-/m1/s1. The Morgan fingerprint density at radius 3 is 2.38 bits per heavy atom. The number of aliphatic hydroxyl groups excluding tert-OH is 1. The monoisotopic (exact) mass is 327 g/mol. The van der Waals surface area contributed by atoms with Crippen LogP contribution in [0.1, 0.15) is 24.1 Å². The van der Waals surface area contributed by atoms with E-state index < -0.39 is 0 Å². The lowest BCUT2D eigenvalue weighted by Crippen LogP contribution is -2.37. The summed E-state index contributed by atoms with van der Waals surface area (Å²) in [4.78, 5) is 2.45. The van der Waals surface area contributed by atoms with E-state index in [0.29, 0.717) is 6.04 Å². The molecular formula is C20H25NO3. The highest BCUT2D eigenvalue weighted by Crippen LogP contribution is 2.29. The van der Waals surface area contributed by atoms with Crippen LogP contribution in [0.5, 0.6) is 5.75 Å². The molecule has 0 bridgehead atoms. The van der Waals surface area contributed by atoms with Crippen LogP contribution < -0.4 is 4.74 Å². The Hall–Kier alpha value is -1.88. The van der Waals surface area contributed by atoms with Crippen LogP contribution >= 0.6 is 0 Å². The minimum Gasteiger partial charge on any atom is -0.496 e. The van der Waals surface area contributed by atoms with E-state index in [-0.39, 0.29) is 6.61 Å². The Labute approximate surface area is 143 Å². The van der Waals surface area contributed by atoms with Crippen molar-refractivity contribution in [3.63, 3.8) is 0 Å². The van der Waals surface area contributed by atoms with Gasteiger partial charge in [0.1, 0.15) is 5.75 Å². The second-order valence-electron chi connectivity index (χ2n) is 6.13. The normalized spacial score (nSPS) is 16.8. The number of methoxy groups -OCH3 is 1. The zero-order valence-electron chi connectivity index (χ0n) is 14.4. The molecule has 0 unspecified atom stereocenters. The molecule has 0 aromatic heterocycles. The van der Waals surface area contributed by atoms with Gasteiger partial charge in [-0.05, 0) is 35.7 Å². The fourth-order valence-electron chi connectivity index (χ4n) is 3.21. The zero-order valence-corrected chi connectivity index (χ0v) is 14.4. The first-order valence-corrected chi connectivity index (χ1v) is 8.43. The summed E-state index contributed by atoms with van der Waals surface area (Å²) in [6.07, 6.45) is 0. The molecule has 2 aromatic carbocycles. The van der Waals surface area contributed by atoms with Crippen LogP contribution in [0.15, 0.2) is 42.5 Å². The predicted octanol–water partition coefficient (Wildman–Crippen LogP) is 3.25. The minimum absolute atomic E-state index is 0.0246. The van der Waals surface area contributed by atoms with Crippen molar-refractivity contribution in [1.82, 2.24) is 4.90 Å². The maximum Gasteiger partial charge on any atom is 0.124 e. The first-order valence-electron chi connectivity index (χ1n) is 8.43. The highest BCUT2D eigenvalue weighted by Gasteiger charge is 2.18. The Bertz CT molecular complexity index is 663. The van der Waals surface area contributed by atoms with Gasteiger partial charge in [-0.15, -0.1) is 0 Å². The molecule has 2 aromatic rings. The largest absolute Gasteiger partial charge is 0.496 e. The lowest BCUT2D eigenvalue weighted by molar-refractivity contribution is 0.0198. The molecule has 1 aliphatic rings. The maximum atomic E-state index is 9.49. The molecule has 1 fully saturated rings. The molecule has 1 aliphatic heterocycles. The number of nitrogens with zero attached hydrogens (tertiary/aromatic N) is 1. The van der Waals surface area contributed by atoms with Gasteiger partial charge in [0.15, 0.2) is 0 Å². The van der Waals surface area contributed by atoms with Gasteiger partial charge in [-0.1, -0.05) is 30.3 Å². The molecule has 0 spiro atoms. The van der Waals surface area contributed by atoms with Crippen LogP contribution in [0.3, 0.4) is 0 Å². The highest BCUT2D eigenvalue weighted by molar-refractivity contribution is 5.66. The lowest BCUT2D eigenvalue weighted by atomic mass is 9.99. The van der Waals surface area contributed by atoms with E-state index in [1.807, 2.05) is 18.2 Å². The second-order valence-corrected chi connectivity index (χ2v) is 6.13. The van der Waals surface area contributed by atoms with Crippen LogP contribution in [0, 0.1) is 0 Å². The Morgan fingerprint density at radius 1 is 1.08 bits per heavy atom. The Morgan fingerprint density at radius 2 is 1.75 bits per heavy atom. The fraction of sp³-hybridized carbons (Fsp3) is 0.400. The molecule has 0 aliphatic carbocycles. The predicted molar refractivity (Wildman–Crippen MR) is 95.2 cm³/mol. The first-order chi connectivity index (χ1) is 11.7. The summed E-state index contributed by atoms with van der Waals surface area (Å²) in [5.41, 5.74) is 4.35. The molecule has 0 radical (unpaired) electrons. The van der Waals surface area contributed by atoms with E-state index in [0.717, 1.165) is 48.7 Å². The molecule has 1 N–H and O–H groups in total. The van der Waals surface area contributed by atoms with Gasteiger partial charge in [-0.25, -0.2) is 0 Å². The molecule has 4 nitrogen and oxygen atoms in total. The van der Waals surface area contributed by atoms with E-state index in [1.54, 1.807) is 7.11 Å². The zero-order chi connectivity index (χ0) is 16.9. The quantitative estimate of drug-likeness (QED) is 0.915. The number of hydrogen-bond acceptors (Lipinski definition) is 4. The molecular weight excluding hydrogens is 302 g/mol. The molecule has 1 atom stereocenters. The maximum absolute atomic E-state index is 9.49. The van der Waals surface area contributed by atoms with Gasteiger partial charge >= 0.3 is 0 Å². The van der Waals surface area contributed by atoms with Gasteiger partial charge in [-0.2, -0.15) is 0 Å². The van der Waals surface area contributed by atoms with Gasteiger partial charge in [0.25, 0.3) is 0 Å². The molecule has 0 saturated carbocycles. The van der Waals surface area contributed by atoms with Gasteiger partial charge in [0.05, 0.1) is 26.9 Å². The van der Waals surface area contributed by atoms with E-state index in [4.69, 9.17) is 9.47 Å². The Balaban J connectivity index is 1.79. The van der Waals surface area contributed by atoms with Crippen LogP contribution in [-0.2, 0) is 11.3 Å². The molecule has 1 heterocycles. The summed E-state index contributed by atoms with van der Waals surface area (Å²) >= 11 is 0. The molecule has 0 amide bonds. The lowest BCUT2D eigenvalue weighted by Gasteiger charge is -2.32. The average Bonchev–Trinajstić information content (AvgIpc) is 2.67. The first kappa shape index (κ1) is 17.0. The van der Waals surface area contributed by atoms with E-state index in [9.17, 15) is 5.11 Å². The van der Waals surface area contributed by atoms with Crippen molar-refractivity contribution in [3.8, 4) is 16.9 Å². The second kappa shape index (κ2) is 7.79. The summed E-state index contributed by atoms with van der Waals surface area (Å²) < 4.78 is 10.7.